The Morgan fingerprint density at radius 3 is 1.65 bits per heavy atom. The molecule has 226 valence electrons. The van der Waals surface area contributed by atoms with Gasteiger partial charge in [-0.2, -0.15) is 0 Å². The minimum Gasteiger partial charge on any atom is -0.445 e. The normalized spacial score (nSPS) is 13.2. The molecule has 0 aliphatic carbocycles. The maximum absolute atomic E-state index is 13.1. The fourth-order valence-electron chi connectivity index (χ4n) is 5.39. The molecule has 2 atom stereocenters. The Hall–Kier alpha value is -3.75. The SMILES string of the molecule is CC(C)(C)[Si](OC[C@@H](NC(=O)OCc1ccccc1)[C@H](CO)COCc1ccccc1)(c1ccccc1)c1ccccc1. The molecule has 0 unspecified atom stereocenters. The van der Waals surface area contributed by atoms with Gasteiger partial charge in [0.05, 0.1) is 32.5 Å². The monoisotopic (exact) mass is 597 g/mol. The minimum absolute atomic E-state index is 0.142. The highest BCUT2D eigenvalue weighted by molar-refractivity contribution is 6.99. The van der Waals surface area contributed by atoms with E-state index < -0.39 is 26.4 Å². The summed E-state index contributed by atoms with van der Waals surface area (Å²) in [5.41, 5.74) is 1.93. The summed E-state index contributed by atoms with van der Waals surface area (Å²) in [6.07, 6.45) is -0.568. The van der Waals surface area contributed by atoms with Gasteiger partial charge in [-0.25, -0.2) is 4.79 Å². The number of nitrogens with one attached hydrogen (secondary N) is 1. The third-order valence-electron chi connectivity index (χ3n) is 7.66. The molecule has 43 heavy (non-hydrogen) atoms. The van der Waals surface area contributed by atoms with Crippen LogP contribution in [-0.4, -0.2) is 45.4 Å². The van der Waals surface area contributed by atoms with E-state index >= 15 is 0 Å². The van der Waals surface area contributed by atoms with Crippen molar-refractivity contribution in [3.05, 3.63) is 132 Å². The first-order chi connectivity index (χ1) is 20.8. The number of amides is 1. The quantitative estimate of drug-likeness (QED) is 0.183. The van der Waals surface area contributed by atoms with Crippen molar-refractivity contribution in [2.75, 3.05) is 19.8 Å². The van der Waals surface area contributed by atoms with Gasteiger partial charge in [0.1, 0.15) is 6.61 Å². The predicted octanol–water partition coefficient (Wildman–Crippen LogP) is 5.68. The molecule has 0 saturated heterocycles. The average molecular weight is 598 g/mol. The second-order valence-electron chi connectivity index (χ2n) is 11.7. The van der Waals surface area contributed by atoms with E-state index in [1.54, 1.807) is 0 Å². The zero-order valence-corrected chi connectivity index (χ0v) is 26.3. The molecule has 0 heterocycles. The van der Waals surface area contributed by atoms with E-state index in [4.69, 9.17) is 13.9 Å². The molecular formula is C36H43NO5Si. The second kappa shape index (κ2) is 15.6. The number of hydrogen-bond donors (Lipinski definition) is 2. The Balaban J connectivity index is 1.60. The number of aliphatic hydroxyl groups is 1. The molecule has 0 radical (unpaired) electrons. The predicted molar refractivity (Wildman–Crippen MR) is 174 cm³/mol. The number of benzene rings is 4. The molecule has 0 saturated carbocycles. The zero-order chi connectivity index (χ0) is 30.5. The third kappa shape index (κ3) is 8.64. The van der Waals surface area contributed by atoms with Crippen LogP contribution in [0.25, 0.3) is 0 Å². The van der Waals surface area contributed by atoms with Gasteiger partial charge in [-0.1, -0.05) is 142 Å². The summed E-state index contributed by atoms with van der Waals surface area (Å²) in [5, 5.41) is 15.6. The third-order valence-corrected chi connectivity index (χ3v) is 12.7. The van der Waals surface area contributed by atoms with Gasteiger partial charge in [0.2, 0.25) is 0 Å². The van der Waals surface area contributed by atoms with Crippen LogP contribution < -0.4 is 15.7 Å². The summed E-state index contributed by atoms with van der Waals surface area (Å²) in [4.78, 5) is 13.1. The molecule has 0 aliphatic rings. The van der Waals surface area contributed by atoms with Gasteiger partial charge in [0.25, 0.3) is 8.32 Å². The first kappa shape index (κ1) is 32.2. The number of hydrogen-bond acceptors (Lipinski definition) is 5. The van der Waals surface area contributed by atoms with Crippen molar-refractivity contribution >= 4 is 24.8 Å². The van der Waals surface area contributed by atoms with Gasteiger partial charge >= 0.3 is 6.09 Å². The lowest BCUT2D eigenvalue weighted by molar-refractivity contribution is 0.0347. The van der Waals surface area contributed by atoms with Crippen LogP contribution in [0.3, 0.4) is 0 Å². The van der Waals surface area contributed by atoms with E-state index in [1.165, 1.54) is 0 Å². The Bertz CT molecular complexity index is 1330. The van der Waals surface area contributed by atoms with E-state index in [2.05, 4.69) is 50.4 Å². The number of carbonyl (C=O) groups excluding carboxylic acids is 1. The molecule has 1 amide bonds. The fourth-order valence-corrected chi connectivity index (χ4v) is 9.97. The van der Waals surface area contributed by atoms with E-state index in [0.29, 0.717) is 6.61 Å². The molecule has 0 spiro atoms. The standard InChI is InChI=1S/C36H43NO5Si/c1-36(2,3)43(32-20-12-6-13-21-32,33-22-14-7-15-23-33)42-28-34(37-35(39)41-26-30-18-10-5-11-19-30)31(24-38)27-40-25-29-16-8-4-9-17-29/h4-23,31,34,38H,24-28H2,1-3H3,(H,37,39)/t31-,34-/m1/s1. The van der Waals surface area contributed by atoms with Crippen LogP contribution in [0.15, 0.2) is 121 Å². The van der Waals surface area contributed by atoms with Crippen molar-refractivity contribution in [1.82, 2.24) is 5.32 Å². The Morgan fingerprint density at radius 1 is 0.721 bits per heavy atom. The largest absolute Gasteiger partial charge is 0.445 e. The van der Waals surface area contributed by atoms with Gasteiger partial charge < -0.3 is 24.3 Å². The van der Waals surface area contributed by atoms with E-state index in [-0.39, 0.29) is 31.5 Å². The summed E-state index contributed by atoms with van der Waals surface area (Å²) in [7, 11) is -2.89. The Morgan fingerprint density at radius 2 is 1.19 bits per heavy atom. The van der Waals surface area contributed by atoms with Gasteiger partial charge in [0, 0.05) is 5.92 Å². The van der Waals surface area contributed by atoms with Crippen LogP contribution in [-0.2, 0) is 27.1 Å². The molecule has 4 aromatic carbocycles. The maximum atomic E-state index is 13.1. The van der Waals surface area contributed by atoms with Crippen LogP contribution in [0.4, 0.5) is 4.79 Å². The molecule has 2 N–H and O–H groups in total. The lowest BCUT2D eigenvalue weighted by atomic mass is 10.0. The number of ether oxygens (including phenoxy) is 2. The maximum Gasteiger partial charge on any atom is 0.407 e. The summed E-state index contributed by atoms with van der Waals surface area (Å²) in [6, 6.07) is 39.6. The highest BCUT2D eigenvalue weighted by Gasteiger charge is 2.50. The van der Waals surface area contributed by atoms with E-state index in [1.807, 2.05) is 97.1 Å². The molecule has 0 aromatic heterocycles. The molecule has 7 heteroatoms. The van der Waals surface area contributed by atoms with Crippen LogP contribution >= 0.6 is 0 Å². The second-order valence-corrected chi connectivity index (χ2v) is 16.0. The van der Waals surface area contributed by atoms with Crippen molar-refractivity contribution in [1.29, 1.82) is 0 Å². The topological polar surface area (TPSA) is 77.0 Å². The number of alkyl carbamates (subject to hydrolysis) is 1. The number of carbonyl (C=O) groups is 1. The first-order valence-electron chi connectivity index (χ1n) is 14.8. The minimum atomic E-state index is -2.89. The highest BCUT2D eigenvalue weighted by Crippen LogP contribution is 2.37. The van der Waals surface area contributed by atoms with E-state index in [9.17, 15) is 9.90 Å². The summed E-state index contributed by atoms with van der Waals surface area (Å²) in [5.74, 6) is -0.425. The van der Waals surface area contributed by atoms with Crippen LogP contribution in [0.1, 0.15) is 31.9 Å². The fraction of sp³-hybridized carbons (Fsp3) is 0.306. The van der Waals surface area contributed by atoms with Crippen molar-refractivity contribution in [3.8, 4) is 0 Å². The summed E-state index contributed by atoms with van der Waals surface area (Å²) in [6.45, 7) is 7.39. The Labute approximate surface area is 256 Å². The lowest BCUT2D eigenvalue weighted by Crippen LogP contribution is -2.67. The van der Waals surface area contributed by atoms with Gasteiger partial charge in [-0.05, 0) is 26.5 Å². The van der Waals surface area contributed by atoms with Gasteiger partial charge in [-0.3, -0.25) is 0 Å². The lowest BCUT2D eigenvalue weighted by Gasteiger charge is -2.44. The molecular weight excluding hydrogens is 554 g/mol. The molecule has 0 bridgehead atoms. The zero-order valence-electron chi connectivity index (χ0n) is 25.3. The van der Waals surface area contributed by atoms with E-state index in [0.717, 1.165) is 21.5 Å². The van der Waals surface area contributed by atoms with Crippen molar-refractivity contribution in [2.24, 2.45) is 5.92 Å². The number of aliphatic hydroxyl groups excluding tert-OH is 1. The molecule has 4 rings (SSSR count). The van der Waals surface area contributed by atoms with Crippen LogP contribution in [0, 0.1) is 5.92 Å². The van der Waals surface area contributed by atoms with Crippen LogP contribution in [0.5, 0.6) is 0 Å². The van der Waals surface area contributed by atoms with Crippen LogP contribution in [0.2, 0.25) is 5.04 Å². The van der Waals surface area contributed by atoms with Gasteiger partial charge in [0.15, 0.2) is 0 Å². The van der Waals surface area contributed by atoms with Crippen molar-refractivity contribution in [3.63, 3.8) is 0 Å². The molecule has 0 fully saturated rings. The van der Waals surface area contributed by atoms with Gasteiger partial charge in [-0.15, -0.1) is 0 Å². The first-order valence-corrected chi connectivity index (χ1v) is 16.7. The van der Waals surface area contributed by atoms with Crippen molar-refractivity contribution < 1.29 is 23.8 Å². The molecule has 6 nitrogen and oxygen atoms in total. The molecule has 4 aromatic rings. The summed E-state index contributed by atoms with van der Waals surface area (Å²) >= 11 is 0. The molecule has 0 aliphatic heterocycles. The Kier molecular flexibility index (Phi) is 11.7. The highest BCUT2D eigenvalue weighted by atomic mass is 28.4. The number of rotatable bonds is 14. The van der Waals surface area contributed by atoms with Crippen molar-refractivity contribution in [2.45, 2.75) is 45.1 Å². The average Bonchev–Trinajstić information content (AvgIpc) is 3.03. The summed E-state index contributed by atoms with van der Waals surface area (Å²) < 4.78 is 18.8. The smallest absolute Gasteiger partial charge is 0.407 e.